The lowest BCUT2D eigenvalue weighted by Gasteiger charge is -2.23. The van der Waals surface area contributed by atoms with Crippen molar-refractivity contribution < 1.29 is 27.4 Å². The van der Waals surface area contributed by atoms with E-state index in [1.807, 2.05) is 0 Å². The van der Waals surface area contributed by atoms with Crippen molar-refractivity contribution in [2.75, 3.05) is 42.0 Å². The molecule has 0 atom stereocenters. The smallest absolute Gasteiger partial charge is 0.244 e. The zero-order valence-electron chi connectivity index (χ0n) is 17.8. The van der Waals surface area contributed by atoms with Crippen molar-refractivity contribution in [3.8, 4) is 17.2 Å². The summed E-state index contributed by atoms with van der Waals surface area (Å²) >= 11 is 11.9. The molecule has 0 heterocycles. The molecule has 0 N–H and O–H groups in total. The summed E-state index contributed by atoms with van der Waals surface area (Å²) in [5.74, 6) is 0.922. The molecule has 0 aromatic heterocycles. The fourth-order valence-corrected chi connectivity index (χ4v) is 4.68. The number of sulfonamides is 1. The molecule has 11 heteroatoms. The van der Waals surface area contributed by atoms with E-state index in [4.69, 9.17) is 37.4 Å². The second kappa shape index (κ2) is 10.4. The van der Waals surface area contributed by atoms with E-state index in [9.17, 15) is 13.2 Å². The van der Waals surface area contributed by atoms with Gasteiger partial charge in [0.25, 0.3) is 0 Å². The largest absolute Gasteiger partial charge is 0.493 e. The number of hydrogen-bond acceptors (Lipinski definition) is 6. The first kappa shape index (κ1) is 25.1. The van der Waals surface area contributed by atoms with Crippen LogP contribution >= 0.6 is 23.2 Å². The lowest BCUT2D eigenvalue weighted by molar-refractivity contribution is -0.130. The molecule has 2 aromatic carbocycles. The third-order valence-corrected chi connectivity index (χ3v) is 7.03. The summed E-state index contributed by atoms with van der Waals surface area (Å²) in [5, 5.41) is 0.247. The number of methoxy groups -OCH3 is 3. The summed E-state index contributed by atoms with van der Waals surface area (Å²) in [4.78, 5) is 13.9. The Bertz CT molecular complexity index is 1040. The van der Waals surface area contributed by atoms with Gasteiger partial charge in [-0.05, 0) is 35.9 Å². The molecule has 8 nitrogen and oxygen atoms in total. The van der Waals surface area contributed by atoms with Crippen LogP contribution < -0.4 is 14.2 Å². The molecular formula is C20H24Cl2N2O6S. The predicted octanol–water partition coefficient (Wildman–Crippen LogP) is 3.30. The Labute approximate surface area is 192 Å². The molecular weight excluding hydrogens is 467 g/mol. The molecule has 0 aliphatic heterocycles. The summed E-state index contributed by atoms with van der Waals surface area (Å²) in [6.07, 6.45) is 0. The average Bonchev–Trinajstić information content (AvgIpc) is 2.74. The summed E-state index contributed by atoms with van der Waals surface area (Å²) < 4.78 is 42.5. The van der Waals surface area contributed by atoms with Gasteiger partial charge in [0.1, 0.15) is 4.90 Å². The SMILES string of the molecule is COc1cc(CN(C)C(=O)CN(C)S(=O)(=O)c2cc(Cl)ccc2Cl)cc(OC)c1OC. The molecule has 0 bridgehead atoms. The van der Waals surface area contributed by atoms with E-state index in [0.29, 0.717) is 22.8 Å². The molecule has 0 fully saturated rings. The normalized spacial score (nSPS) is 11.4. The zero-order chi connectivity index (χ0) is 23.3. The Morgan fingerprint density at radius 3 is 2.06 bits per heavy atom. The van der Waals surface area contributed by atoms with Crippen molar-refractivity contribution in [1.29, 1.82) is 0 Å². The molecule has 0 aliphatic carbocycles. The highest BCUT2D eigenvalue weighted by Crippen LogP contribution is 2.38. The predicted molar refractivity (Wildman–Crippen MR) is 119 cm³/mol. The monoisotopic (exact) mass is 490 g/mol. The minimum absolute atomic E-state index is 0.0227. The number of nitrogens with zero attached hydrogens (tertiary/aromatic N) is 2. The van der Waals surface area contributed by atoms with E-state index < -0.39 is 15.9 Å². The van der Waals surface area contributed by atoms with Crippen molar-refractivity contribution in [1.82, 2.24) is 9.21 Å². The van der Waals surface area contributed by atoms with Gasteiger partial charge in [-0.25, -0.2) is 8.42 Å². The standard InChI is InChI=1S/C20H24Cl2N2O6S/c1-23(11-13-8-16(28-3)20(30-5)17(9-13)29-4)19(25)12-24(2)31(26,27)18-10-14(21)6-7-15(18)22/h6-10H,11-12H2,1-5H3. The fraction of sp³-hybridized carbons (Fsp3) is 0.350. The number of ether oxygens (including phenoxy) is 3. The Kier molecular flexibility index (Phi) is 8.41. The molecule has 170 valence electrons. The van der Waals surface area contributed by atoms with Gasteiger partial charge in [-0.2, -0.15) is 4.31 Å². The number of amides is 1. The highest BCUT2D eigenvalue weighted by atomic mass is 35.5. The van der Waals surface area contributed by atoms with E-state index in [-0.39, 0.29) is 28.0 Å². The van der Waals surface area contributed by atoms with Gasteiger partial charge in [0.2, 0.25) is 21.7 Å². The number of hydrogen-bond donors (Lipinski definition) is 0. The van der Waals surface area contributed by atoms with E-state index in [1.165, 1.54) is 51.5 Å². The molecule has 0 aliphatic rings. The van der Waals surface area contributed by atoms with Crippen LogP contribution in [0.3, 0.4) is 0 Å². The summed E-state index contributed by atoms with van der Waals surface area (Å²) in [6, 6.07) is 7.57. The molecule has 0 spiro atoms. The van der Waals surface area contributed by atoms with E-state index in [1.54, 1.807) is 19.2 Å². The molecule has 1 amide bonds. The van der Waals surface area contributed by atoms with Gasteiger partial charge < -0.3 is 19.1 Å². The maximum absolute atomic E-state index is 12.8. The lowest BCUT2D eigenvalue weighted by atomic mass is 10.1. The summed E-state index contributed by atoms with van der Waals surface area (Å²) in [7, 11) is 3.35. The van der Waals surface area contributed by atoms with Gasteiger partial charge in [-0.1, -0.05) is 23.2 Å². The van der Waals surface area contributed by atoms with Crippen LogP contribution in [0.4, 0.5) is 0 Å². The number of halogens is 2. The van der Waals surface area contributed by atoms with Gasteiger partial charge in [-0.3, -0.25) is 4.79 Å². The van der Waals surface area contributed by atoms with Gasteiger partial charge in [0.05, 0.1) is 32.9 Å². The van der Waals surface area contributed by atoms with Crippen LogP contribution in [0.5, 0.6) is 17.2 Å². The van der Waals surface area contributed by atoms with Gasteiger partial charge in [0.15, 0.2) is 11.5 Å². The van der Waals surface area contributed by atoms with Crippen LogP contribution in [0.25, 0.3) is 0 Å². The molecule has 0 unspecified atom stereocenters. The number of carbonyl (C=O) groups excluding carboxylic acids is 1. The first-order chi connectivity index (χ1) is 14.5. The van der Waals surface area contributed by atoms with Gasteiger partial charge in [0, 0.05) is 25.7 Å². The molecule has 0 radical (unpaired) electrons. The quantitative estimate of drug-likeness (QED) is 0.535. The molecule has 0 saturated carbocycles. The summed E-state index contributed by atoms with van der Waals surface area (Å²) in [6.45, 7) is -0.187. The topological polar surface area (TPSA) is 85.4 Å². The first-order valence-corrected chi connectivity index (χ1v) is 11.2. The van der Waals surface area contributed by atoms with Crippen molar-refractivity contribution in [2.24, 2.45) is 0 Å². The highest BCUT2D eigenvalue weighted by molar-refractivity contribution is 7.89. The third-order valence-electron chi connectivity index (χ3n) is 4.51. The molecule has 0 saturated heterocycles. The maximum Gasteiger partial charge on any atom is 0.244 e. The van der Waals surface area contributed by atoms with E-state index >= 15 is 0 Å². The maximum atomic E-state index is 12.8. The molecule has 2 rings (SSSR count). The lowest BCUT2D eigenvalue weighted by Crippen LogP contribution is -2.39. The minimum Gasteiger partial charge on any atom is -0.493 e. The Morgan fingerprint density at radius 2 is 1.55 bits per heavy atom. The second-order valence-electron chi connectivity index (χ2n) is 6.62. The number of likely N-dealkylation sites (N-methyl/N-ethyl adjacent to an activating group) is 2. The van der Waals surface area contributed by atoms with E-state index in [0.717, 1.165) is 4.31 Å². The Morgan fingerprint density at radius 1 is 0.968 bits per heavy atom. The van der Waals surface area contributed by atoms with Gasteiger partial charge in [-0.15, -0.1) is 0 Å². The first-order valence-electron chi connectivity index (χ1n) is 8.99. The van der Waals surface area contributed by atoms with Crippen molar-refractivity contribution >= 4 is 39.1 Å². The number of rotatable bonds is 9. The zero-order valence-corrected chi connectivity index (χ0v) is 20.1. The van der Waals surface area contributed by atoms with Crippen LogP contribution in [0.15, 0.2) is 35.2 Å². The third kappa shape index (κ3) is 5.74. The summed E-state index contributed by atoms with van der Waals surface area (Å²) in [5.41, 5.74) is 0.716. The highest BCUT2D eigenvalue weighted by Gasteiger charge is 2.27. The van der Waals surface area contributed by atoms with Crippen molar-refractivity contribution in [2.45, 2.75) is 11.4 Å². The van der Waals surface area contributed by atoms with Crippen LogP contribution in [0.2, 0.25) is 10.0 Å². The average molecular weight is 491 g/mol. The number of benzene rings is 2. The molecule has 2 aromatic rings. The van der Waals surface area contributed by atoms with Crippen LogP contribution in [0, 0.1) is 0 Å². The Hall–Kier alpha value is -2.20. The van der Waals surface area contributed by atoms with Crippen LogP contribution in [-0.2, 0) is 21.4 Å². The second-order valence-corrected chi connectivity index (χ2v) is 9.48. The minimum atomic E-state index is -4.01. The fourth-order valence-electron chi connectivity index (χ4n) is 2.83. The van der Waals surface area contributed by atoms with Crippen molar-refractivity contribution in [3.63, 3.8) is 0 Å². The van der Waals surface area contributed by atoms with Crippen molar-refractivity contribution in [3.05, 3.63) is 45.9 Å². The number of carbonyl (C=O) groups is 1. The Balaban J connectivity index is 2.18. The van der Waals surface area contributed by atoms with Gasteiger partial charge >= 0.3 is 0 Å². The molecule has 31 heavy (non-hydrogen) atoms. The van der Waals surface area contributed by atoms with Crippen LogP contribution in [0.1, 0.15) is 5.56 Å². The van der Waals surface area contributed by atoms with E-state index in [2.05, 4.69) is 0 Å². The van der Waals surface area contributed by atoms with Crippen LogP contribution in [-0.4, -0.2) is 65.5 Å².